The van der Waals surface area contributed by atoms with Gasteiger partial charge in [-0.1, -0.05) is 62.4 Å². The number of methoxy groups -OCH3 is 2. The van der Waals surface area contributed by atoms with Crippen molar-refractivity contribution in [1.29, 1.82) is 0 Å². The number of benzene rings is 2. The number of hydrogen-bond acceptors (Lipinski definition) is 6. The van der Waals surface area contributed by atoms with Gasteiger partial charge < -0.3 is 14.8 Å². The SMILES string of the molecule is COCCn1c(SCC(=O)Nc2cc(C(C)(C)C)ccc2OC)nnc1-c1cccc(C)c1. The number of aryl methyl sites for hydroxylation is 1. The highest BCUT2D eigenvalue weighted by atomic mass is 32.2. The molecule has 7 nitrogen and oxygen atoms in total. The third-order valence-corrected chi connectivity index (χ3v) is 6.15. The Morgan fingerprint density at radius 2 is 1.91 bits per heavy atom. The molecule has 0 saturated heterocycles. The number of thioether (sulfide) groups is 1. The van der Waals surface area contributed by atoms with E-state index in [0.29, 0.717) is 29.7 Å². The molecule has 0 fully saturated rings. The van der Waals surface area contributed by atoms with E-state index in [-0.39, 0.29) is 17.1 Å². The van der Waals surface area contributed by atoms with Crippen LogP contribution in [0.3, 0.4) is 0 Å². The number of carbonyl (C=O) groups excluding carboxylic acids is 1. The summed E-state index contributed by atoms with van der Waals surface area (Å²) < 4.78 is 12.7. The number of anilines is 1. The Hall–Kier alpha value is -2.84. The van der Waals surface area contributed by atoms with Crippen LogP contribution < -0.4 is 10.1 Å². The van der Waals surface area contributed by atoms with Crippen molar-refractivity contribution >= 4 is 23.4 Å². The van der Waals surface area contributed by atoms with Crippen LogP contribution in [-0.2, 0) is 21.5 Å². The molecule has 0 aliphatic heterocycles. The van der Waals surface area contributed by atoms with Crippen LogP contribution in [0.4, 0.5) is 5.69 Å². The highest BCUT2D eigenvalue weighted by Crippen LogP contribution is 2.32. The van der Waals surface area contributed by atoms with Crippen molar-refractivity contribution in [2.75, 3.05) is 31.9 Å². The van der Waals surface area contributed by atoms with Gasteiger partial charge in [-0.3, -0.25) is 9.36 Å². The second-order valence-electron chi connectivity index (χ2n) is 8.82. The van der Waals surface area contributed by atoms with Crippen molar-refractivity contribution in [2.45, 2.75) is 44.8 Å². The first kappa shape index (κ1) is 24.8. The van der Waals surface area contributed by atoms with Gasteiger partial charge in [0.2, 0.25) is 5.91 Å². The number of amides is 1. The Morgan fingerprint density at radius 1 is 1.12 bits per heavy atom. The van der Waals surface area contributed by atoms with Gasteiger partial charge in [-0.25, -0.2) is 0 Å². The molecule has 0 saturated carbocycles. The minimum atomic E-state index is -0.136. The van der Waals surface area contributed by atoms with Gasteiger partial charge in [0.15, 0.2) is 11.0 Å². The lowest BCUT2D eigenvalue weighted by Gasteiger charge is -2.21. The summed E-state index contributed by atoms with van der Waals surface area (Å²) in [6, 6.07) is 14.0. The smallest absolute Gasteiger partial charge is 0.234 e. The topological polar surface area (TPSA) is 78.3 Å². The Kier molecular flexibility index (Phi) is 8.15. The van der Waals surface area contributed by atoms with Crippen molar-refractivity contribution in [3.05, 3.63) is 53.6 Å². The van der Waals surface area contributed by atoms with Gasteiger partial charge in [0, 0.05) is 12.7 Å². The molecule has 0 unspecified atom stereocenters. The van der Waals surface area contributed by atoms with Crippen LogP contribution in [0.1, 0.15) is 31.9 Å². The molecule has 0 atom stereocenters. The van der Waals surface area contributed by atoms with Crippen LogP contribution in [0.25, 0.3) is 11.4 Å². The first-order valence-electron chi connectivity index (χ1n) is 10.8. The Balaban J connectivity index is 1.76. The van der Waals surface area contributed by atoms with E-state index in [4.69, 9.17) is 9.47 Å². The van der Waals surface area contributed by atoms with Gasteiger partial charge >= 0.3 is 0 Å². The maximum Gasteiger partial charge on any atom is 0.234 e. The molecule has 8 heteroatoms. The number of aromatic nitrogens is 3. The largest absolute Gasteiger partial charge is 0.495 e. The van der Waals surface area contributed by atoms with Gasteiger partial charge in [-0.2, -0.15) is 0 Å². The average Bonchev–Trinajstić information content (AvgIpc) is 3.18. The standard InChI is InChI=1S/C25H32N4O3S/c1-17-8-7-9-18(14-17)23-27-28-24(29(23)12-13-31-5)33-16-22(30)26-20-15-19(25(2,3)4)10-11-21(20)32-6/h7-11,14-15H,12-13,16H2,1-6H3,(H,26,30). The number of rotatable bonds is 9. The summed E-state index contributed by atoms with van der Waals surface area (Å²) in [6.07, 6.45) is 0. The maximum atomic E-state index is 12.8. The van der Waals surface area contributed by atoms with Gasteiger partial charge in [-0.15, -0.1) is 10.2 Å². The van der Waals surface area contributed by atoms with Crippen molar-refractivity contribution < 1.29 is 14.3 Å². The monoisotopic (exact) mass is 468 g/mol. The number of hydrogen-bond donors (Lipinski definition) is 1. The fourth-order valence-corrected chi connectivity index (χ4v) is 4.13. The summed E-state index contributed by atoms with van der Waals surface area (Å²) in [5.74, 6) is 1.45. The number of nitrogens with zero attached hydrogens (tertiary/aromatic N) is 3. The summed E-state index contributed by atoms with van der Waals surface area (Å²) in [6.45, 7) is 9.56. The average molecular weight is 469 g/mol. The molecule has 0 aliphatic rings. The first-order valence-corrected chi connectivity index (χ1v) is 11.8. The summed E-state index contributed by atoms with van der Waals surface area (Å²) in [4.78, 5) is 12.8. The molecule has 0 spiro atoms. The Bertz CT molecular complexity index is 1110. The molecule has 176 valence electrons. The van der Waals surface area contributed by atoms with Gasteiger partial charge in [0.25, 0.3) is 0 Å². The number of carbonyl (C=O) groups is 1. The molecule has 0 bridgehead atoms. The van der Waals surface area contributed by atoms with E-state index in [2.05, 4.69) is 42.4 Å². The molecule has 3 rings (SSSR count). The minimum Gasteiger partial charge on any atom is -0.495 e. The predicted molar refractivity (Wildman–Crippen MR) is 133 cm³/mol. The van der Waals surface area contributed by atoms with E-state index in [1.165, 1.54) is 11.8 Å². The van der Waals surface area contributed by atoms with Crippen molar-refractivity contribution in [1.82, 2.24) is 14.8 Å². The highest BCUT2D eigenvalue weighted by molar-refractivity contribution is 7.99. The summed E-state index contributed by atoms with van der Waals surface area (Å²) in [7, 11) is 3.26. The van der Waals surface area contributed by atoms with Crippen LogP contribution in [0.5, 0.6) is 5.75 Å². The molecule has 0 radical (unpaired) electrons. The number of ether oxygens (including phenoxy) is 2. The Morgan fingerprint density at radius 3 is 2.58 bits per heavy atom. The molecular formula is C25H32N4O3S. The zero-order chi connectivity index (χ0) is 24.0. The van der Waals surface area contributed by atoms with E-state index in [1.807, 2.05) is 47.9 Å². The van der Waals surface area contributed by atoms with Crippen LogP contribution in [-0.4, -0.2) is 47.3 Å². The molecule has 2 aromatic carbocycles. The van der Waals surface area contributed by atoms with E-state index in [0.717, 1.165) is 22.5 Å². The van der Waals surface area contributed by atoms with Crippen LogP contribution in [0.15, 0.2) is 47.6 Å². The lowest BCUT2D eigenvalue weighted by atomic mass is 9.87. The maximum absolute atomic E-state index is 12.8. The fraction of sp³-hybridized carbons (Fsp3) is 0.400. The van der Waals surface area contributed by atoms with Crippen molar-refractivity contribution in [3.63, 3.8) is 0 Å². The van der Waals surface area contributed by atoms with Crippen LogP contribution >= 0.6 is 11.8 Å². The third-order valence-electron chi connectivity index (χ3n) is 5.18. The van der Waals surface area contributed by atoms with E-state index in [1.54, 1.807) is 14.2 Å². The minimum absolute atomic E-state index is 0.0372. The molecule has 1 heterocycles. The second-order valence-corrected chi connectivity index (χ2v) is 9.76. The molecule has 1 aromatic heterocycles. The zero-order valence-corrected chi connectivity index (χ0v) is 21.0. The van der Waals surface area contributed by atoms with Gasteiger partial charge in [0.05, 0.1) is 31.7 Å². The lowest BCUT2D eigenvalue weighted by molar-refractivity contribution is -0.113. The van der Waals surface area contributed by atoms with Gasteiger partial charge in [0.1, 0.15) is 5.75 Å². The van der Waals surface area contributed by atoms with Crippen molar-refractivity contribution in [2.24, 2.45) is 0 Å². The Labute approximate surface area is 199 Å². The molecular weight excluding hydrogens is 436 g/mol. The molecule has 1 N–H and O–H groups in total. The van der Waals surface area contributed by atoms with E-state index < -0.39 is 0 Å². The zero-order valence-electron chi connectivity index (χ0n) is 20.1. The summed E-state index contributed by atoms with van der Waals surface area (Å²) in [5.41, 5.74) is 3.88. The quantitative estimate of drug-likeness (QED) is 0.448. The summed E-state index contributed by atoms with van der Waals surface area (Å²) >= 11 is 1.35. The first-order chi connectivity index (χ1) is 15.7. The van der Waals surface area contributed by atoms with Crippen LogP contribution in [0, 0.1) is 6.92 Å². The molecule has 33 heavy (non-hydrogen) atoms. The molecule has 3 aromatic rings. The van der Waals surface area contributed by atoms with E-state index in [9.17, 15) is 4.79 Å². The number of nitrogens with one attached hydrogen (secondary N) is 1. The molecule has 1 amide bonds. The summed E-state index contributed by atoms with van der Waals surface area (Å²) in [5, 5.41) is 12.4. The molecule has 0 aliphatic carbocycles. The van der Waals surface area contributed by atoms with Crippen molar-refractivity contribution in [3.8, 4) is 17.1 Å². The normalized spacial score (nSPS) is 11.5. The van der Waals surface area contributed by atoms with Crippen LogP contribution in [0.2, 0.25) is 0 Å². The van der Waals surface area contributed by atoms with E-state index >= 15 is 0 Å². The van der Waals surface area contributed by atoms with Gasteiger partial charge in [-0.05, 0) is 36.1 Å². The lowest BCUT2D eigenvalue weighted by Crippen LogP contribution is -2.17. The highest BCUT2D eigenvalue weighted by Gasteiger charge is 2.19. The fourth-order valence-electron chi connectivity index (χ4n) is 3.37. The second kappa shape index (κ2) is 10.9. The third kappa shape index (κ3) is 6.36. The predicted octanol–water partition coefficient (Wildman–Crippen LogP) is 4.94.